The maximum atomic E-state index is 12.6. The molecule has 1 fully saturated rings. The molecule has 0 aliphatic heterocycles. The number of carbonyl (C=O) groups excluding carboxylic acids is 1. The SMILES string of the molecule is CC(C1CC1)N(CC(=O)Nc1ccc([N+](=O)[O-])cc1Cl)Cc1ccccc1. The van der Waals surface area contributed by atoms with Gasteiger partial charge in [0.15, 0.2) is 0 Å². The van der Waals surface area contributed by atoms with Gasteiger partial charge in [0.05, 0.1) is 22.2 Å². The number of nitro groups is 1. The summed E-state index contributed by atoms with van der Waals surface area (Å²) in [5.74, 6) is 0.443. The molecule has 0 radical (unpaired) electrons. The minimum Gasteiger partial charge on any atom is -0.324 e. The fourth-order valence-corrected chi connectivity index (χ4v) is 3.35. The standard InChI is InChI=1S/C20H22ClN3O3/c1-14(16-7-8-16)23(12-15-5-3-2-4-6-15)13-20(25)22-19-10-9-17(24(26)27)11-18(19)21/h2-6,9-11,14,16H,7-8,12-13H2,1H3,(H,22,25). The Hall–Kier alpha value is -2.44. The molecule has 1 aliphatic rings. The first-order valence-corrected chi connectivity index (χ1v) is 9.33. The number of nitrogens with zero attached hydrogens (tertiary/aromatic N) is 2. The molecule has 1 atom stereocenters. The highest BCUT2D eigenvalue weighted by Gasteiger charge is 2.32. The molecule has 27 heavy (non-hydrogen) atoms. The van der Waals surface area contributed by atoms with Crippen LogP contribution in [0.1, 0.15) is 25.3 Å². The van der Waals surface area contributed by atoms with Gasteiger partial charge in [-0.2, -0.15) is 0 Å². The number of amides is 1. The molecule has 2 aromatic carbocycles. The molecule has 3 rings (SSSR count). The van der Waals surface area contributed by atoms with Gasteiger partial charge in [0.25, 0.3) is 5.69 Å². The highest BCUT2D eigenvalue weighted by Crippen LogP contribution is 2.35. The molecular formula is C20H22ClN3O3. The van der Waals surface area contributed by atoms with Crippen molar-refractivity contribution < 1.29 is 9.72 Å². The van der Waals surface area contributed by atoms with Crippen molar-refractivity contribution in [3.05, 3.63) is 69.2 Å². The summed E-state index contributed by atoms with van der Waals surface area (Å²) in [7, 11) is 0. The zero-order valence-electron chi connectivity index (χ0n) is 15.1. The van der Waals surface area contributed by atoms with Crippen molar-refractivity contribution in [3.8, 4) is 0 Å². The van der Waals surface area contributed by atoms with E-state index in [1.54, 1.807) is 0 Å². The van der Waals surface area contributed by atoms with Gasteiger partial charge in [-0.15, -0.1) is 0 Å². The maximum absolute atomic E-state index is 12.6. The Morgan fingerprint density at radius 1 is 1.30 bits per heavy atom. The molecule has 1 amide bonds. The summed E-state index contributed by atoms with van der Waals surface area (Å²) < 4.78 is 0. The smallest absolute Gasteiger partial charge is 0.271 e. The third kappa shape index (κ3) is 5.28. The molecule has 142 valence electrons. The average molecular weight is 388 g/mol. The van der Waals surface area contributed by atoms with Crippen LogP contribution < -0.4 is 5.32 Å². The van der Waals surface area contributed by atoms with Gasteiger partial charge in [-0.05, 0) is 37.3 Å². The van der Waals surface area contributed by atoms with E-state index in [0.29, 0.717) is 24.2 Å². The van der Waals surface area contributed by atoms with Gasteiger partial charge >= 0.3 is 0 Å². The highest BCUT2D eigenvalue weighted by molar-refractivity contribution is 6.34. The van der Waals surface area contributed by atoms with E-state index >= 15 is 0 Å². The largest absolute Gasteiger partial charge is 0.324 e. The topological polar surface area (TPSA) is 75.5 Å². The van der Waals surface area contributed by atoms with Gasteiger partial charge in [-0.3, -0.25) is 19.8 Å². The van der Waals surface area contributed by atoms with Crippen LogP contribution in [0.25, 0.3) is 0 Å². The fraction of sp³-hybridized carbons (Fsp3) is 0.350. The Morgan fingerprint density at radius 3 is 2.59 bits per heavy atom. The number of nitro benzene ring substituents is 1. The average Bonchev–Trinajstić information content (AvgIpc) is 3.48. The predicted octanol–water partition coefficient (Wildman–Crippen LogP) is 4.49. The maximum Gasteiger partial charge on any atom is 0.271 e. The van der Waals surface area contributed by atoms with E-state index in [0.717, 1.165) is 5.56 Å². The summed E-state index contributed by atoms with van der Waals surface area (Å²) >= 11 is 6.07. The van der Waals surface area contributed by atoms with Crippen LogP contribution >= 0.6 is 11.6 Å². The number of halogens is 1. The molecule has 1 N–H and O–H groups in total. The molecule has 7 heteroatoms. The first-order valence-electron chi connectivity index (χ1n) is 8.96. The van der Waals surface area contributed by atoms with Crippen LogP contribution in [-0.4, -0.2) is 28.3 Å². The fourth-order valence-electron chi connectivity index (χ4n) is 3.13. The highest BCUT2D eigenvalue weighted by atomic mass is 35.5. The molecule has 1 saturated carbocycles. The number of anilines is 1. The molecular weight excluding hydrogens is 366 g/mol. The Kier molecular flexibility index (Phi) is 6.08. The molecule has 1 aliphatic carbocycles. The van der Waals surface area contributed by atoms with Crippen molar-refractivity contribution in [2.45, 2.75) is 32.4 Å². The van der Waals surface area contributed by atoms with E-state index in [-0.39, 0.29) is 23.2 Å². The van der Waals surface area contributed by atoms with Crippen molar-refractivity contribution >= 4 is 28.9 Å². The minimum absolute atomic E-state index is 0.106. The molecule has 0 aromatic heterocycles. The molecule has 0 heterocycles. The van der Waals surface area contributed by atoms with Crippen LogP contribution in [0, 0.1) is 16.0 Å². The lowest BCUT2D eigenvalue weighted by Gasteiger charge is -2.28. The molecule has 2 aromatic rings. The van der Waals surface area contributed by atoms with E-state index in [2.05, 4.69) is 29.3 Å². The lowest BCUT2D eigenvalue weighted by molar-refractivity contribution is -0.384. The van der Waals surface area contributed by atoms with E-state index in [4.69, 9.17) is 11.6 Å². The molecule has 0 saturated heterocycles. The summed E-state index contributed by atoms with van der Waals surface area (Å²) in [4.78, 5) is 25.0. The van der Waals surface area contributed by atoms with Gasteiger partial charge in [0.1, 0.15) is 0 Å². The summed E-state index contributed by atoms with van der Waals surface area (Å²) in [6, 6.07) is 14.4. The number of hydrogen-bond donors (Lipinski definition) is 1. The van der Waals surface area contributed by atoms with Crippen LogP contribution in [0.15, 0.2) is 48.5 Å². The van der Waals surface area contributed by atoms with Crippen LogP contribution in [0.2, 0.25) is 5.02 Å². The van der Waals surface area contributed by atoms with Crippen LogP contribution in [0.5, 0.6) is 0 Å². The van der Waals surface area contributed by atoms with E-state index in [9.17, 15) is 14.9 Å². The van der Waals surface area contributed by atoms with Gasteiger partial charge in [0.2, 0.25) is 5.91 Å². The molecule has 0 spiro atoms. The van der Waals surface area contributed by atoms with Crippen LogP contribution in [0.4, 0.5) is 11.4 Å². The zero-order chi connectivity index (χ0) is 19.4. The summed E-state index contributed by atoms with van der Waals surface area (Å²) in [6.45, 7) is 3.09. The zero-order valence-corrected chi connectivity index (χ0v) is 15.9. The normalized spacial score (nSPS) is 14.8. The second-order valence-electron chi connectivity index (χ2n) is 6.94. The summed E-state index contributed by atoms with van der Waals surface area (Å²) in [6.07, 6.45) is 2.39. The third-order valence-corrected chi connectivity index (χ3v) is 5.21. The Balaban J connectivity index is 1.67. The quantitative estimate of drug-likeness (QED) is 0.535. The van der Waals surface area contributed by atoms with Crippen LogP contribution in [0.3, 0.4) is 0 Å². The summed E-state index contributed by atoms with van der Waals surface area (Å²) in [5.41, 5.74) is 1.43. The van der Waals surface area contributed by atoms with Crippen molar-refractivity contribution in [2.24, 2.45) is 5.92 Å². The predicted molar refractivity (Wildman–Crippen MR) is 106 cm³/mol. The van der Waals surface area contributed by atoms with E-state index in [1.165, 1.54) is 31.0 Å². The van der Waals surface area contributed by atoms with Crippen molar-refractivity contribution in [1.82, 2.24) is 4.90 Å². The lowest BCUT2D eigenvalue weighted by Crippen LogP contribution is -2.40. The number of benzene rings is 2. The first kappa shape index (κ1) is 19.3. The Bertz CT molecular complexity index is 824. The van der Waals surface area contributed by atoms with Crippen molar-refractivity contribution in [1.29, 1.82) is 0 Å². The van der Waals surface area contributed by atoms with Gasteiger partial charge in [0, 0.05) is 24.7 Å². The molecule has 6 nitrogen and oxygen atoms in total. The van der Waals surface area contributed by atoms with Gasteiger partial charge < -0.3 is 5.32 Å². The monoisotopic (exact) mass is 387 g/mol. The van der Waals surface area contributed by atoms with Gasteiger partial charge in [-0.25, -0.2) is 0 Å². The Labute approximate surface area is 163 Å². The number of non-ortho nitro benzene ring substituents is 1. The second-order valence-corrected chi connectivity index (χ2v) is 7.35. The summed E-state index contributed by atoms with van der Waals surface area (Å²) in [5, 5.41) is 13.7. The van der Waals surface area contributed by atoms with E-state index in [1.807, 2.05) is 18.2 Å². The first-order chi connectivity index (χ1) is 12.9. The van der Waals surface area contributed by atoms with E-state index < -0.39 is 4.92 Å². The minimum atomic E-state index is -0.517. The van der Waals surface area contributed by atoms with Crippen molar-refractivity contribution in [3.63, 3.8) is 0 Å². The number of hydrogen-bond acceptors (Lipinski definition) is 4. The second kappa shape index (κ2) is 8.50. The van der Waals surface area contributed by atoms with Crippen molar-refractivity contribution in [2.75, 3.05) is 11.9 Å². The number of nitrogens with one attached hydrogen (secondary N) is 1. The van der Waals surface area contributed by atoms with Crippen LogP contribution in [-0.2, 0) is 11.3 Å². The Morgan fingerprint density at radius 2 is 2.00 bits per heavy atom. The lowest BCUT2D eigenvalue weighted by atomic mass is 10.1. The van der Waals surface area contributed by atoms with Gasteiger partial charge in [-0.1, -0.05) is 41.9 Å². The molecule has 1 unspecified atom stereocenters. The third-order valence-electron chi connectivity index (χ3n) is 4.89. The number of rotatable bonds is 8. The molecule has 0 bridgehead atoms. The number of carbonyl (C=O) groups is 1.